The Kier molecular flexibility index (Phi) is 5.17. The maximum Gasteiger partial charge on any atom is 0.170 e. The summed E-state index contributed by atoms with van der Waals surface area (Å²) in [5.41, 5.74) is 3.23. The maximum absolute atomic E-state index is 5.87. The Morgan fingerprint density at radius 2 is 1.83 bits per heavy atom. The van der Waals surface area contributed by atoms with Gasteiger partial charge in [-0.1, -0.05) is 31.0 Å². The molecule has 1 saturated heterocycles. The van der Waals surface area contributed by atoms with Gasteiger partial charge in [-0.05, 0) is 61.5 Å². The first-order chi connectivity index (χ1) is 14.8. The fraction of sp³-hybridized carbons (Fsp3) is 0.333. The van der Waals surface area contributed by atoms with E-state index in [1.165, 1.54) is 31.4 Å². The van der Waals surface area contributed by atoms with E-state index in [1.54, 1.807) is 7.11 Å². The molecule has 0 radical (unpaired) electrons. The summed E-state index contributed by atoms with van der Waals surface area (Å²) in [5, 5.41) is 4.42. The molecule has 5 nitrogen and oxygen atoms in total. The quantitative estimate of drug-likeness (QED) is 0.603. The molecule has 6 heteroatoms. The van der Waals surface area contributed by atoms with Crippen LogP contribution in [0.15, 0.2) is 67.0 Å². The van der Waals surface area contributed by atoms with Crippen LogP contribution in [-0.2, 0) is 0 Å². The standard InChI is InChI=1S/C24H26N4OS/c1-29-21-14-5-4-12-19(21)27-16-8-13-20(27)23-22(18-11-6-7-15-25-18)26-24(30)28(23)17-9-2-3-10-17/h4-8,11-17,22-23H,2-3,9-10H2,1H3,(H,26,30). The molecule has 154 valence electrons. The van der Waals surface area contributed by atoms with E-state index in [-0.39, 0.29) is 12.1 Å². The minimum Gasteiger partial charge on any atom is -0.495 e. The van der Waals surface area contributed by atoms with Crippen LogP contribution in [0.25, 0.3) is 5.69 Å². The molecule has 2 fully saturated rings. The molecule has 30 heavy (non-hydrogen) atoms. The normalized spacial score (nSPS) is 21.8. The number of methoxy groups -OCH3 is 1. The summed E-state index contributed by atoms with van der Waals surface area (Å²) < 4.78 is 7.89. The lowest BCUT2D eigenvalue weighted by molar-refractivity contribution is 0.239. The van der Waals surface area contributed by atoms with Gasteiger partial charge in [0.05, 0.1) is 30.6 Å². The number of nitrogens with one attached hydrogen (secondary N) is 1. The summed E-state index contributed by atoms with van der Waals surface area (Å²) in [4.78, 5) is 7.10. The summed E-state index contributed by atoms with van der Waals surface area (Å²) in [5.74, 6) is 0.852. The van der Waals surface area contributed by atoms with Gasteiger partial charge in [0.25, 0.3) is 0 Å². The second kappa shape index (κ2) is 8.11. The van der Waals surface area contributed by atoms with Crippen LogP contribution in [0.3, 0.4) is 0 Å². The van der Waals surface area contributed by atoms with Gasteiger partial charge in [0.15, 0.2) is 5.11 Å². The Balaban J connectivity index is 1.64. The van der Waals surface area contributed by atoms with Crippen LogP contribution in [0.5, 0.6) is 5.75 Å². The highest BCUT2D eigenvalue weighted by Gasteiger charge is 2.44. The lowest BCUT2D eigenvalue weighted by Crippen LogP contribution is -2.38. The number of aromatic nitrogens is 2. The minimum absolute atomic E-state index is 0.00246. The summed E-state index contributed by atoms with van der Waals surface area (Å²) in [6.07, 6.45) is 8.85. The van der Waals surface area contributed by atoms with E-state index in [2.05, 4.69) is 50.2 Å². The van der Waals surface area contributed by atoms with Gasteiger partial charge in [0.2, 0.25) is 0 Å². The second-order valence-electron chi connectivity index (χ2n) is 7.95. The molecular formula is C24H26N4OS. The third-order valence-electron chi connectivity index (χ3n) is 6.28. The van der Waals surface area contributed by atoms with Crippen molar-refractivity contribution in [2.75, 3.05) is 7.11 Å². The Morgan fingerprint density at radius 1 is 1.03 bits per heavy atom. The Bertz CT molecular complexity index is 1030. The lowest BCUT2D eigenvalue weighted by atomic mass is 9.99. The predicted octanol–water partition coefficient (Wildman–Crippen LogP) is 4.80. The van der Waals surface area contributed by atoms with Crippen LogP contribution in [0, 0.1) is 0 Å². The average Bonchev–Trinajstić information content (AvgIpc) is 3.53. The molecular weight excluding hydrogens is 392 g/mol. The first kappa shape index (κ1) is 19.1. The molecule has 1 aliphatic carbocycles. The molecule has 2 unspecified atom stereocenters. The van der Waals surface area contributed by atoms with Crippen LogP contribution in [0.1, 0.15) is 49.2 Å². The van der Waals surface area contributed by atoms with E-state index in [0.717, 1.165) is 22.2 Å². The summed E-state index contributed by atoms with van der Waals surface area (Å²) in [7, 11) is 1.72. The number of pyridine rings is 1. The smallest absolute Gasteiger partial charge is 0.170 e. The van der Waals surface area contributed by atoms with Gasteiger partial charge in [-0.25, -0.2) is 0 Å². The van der Waals surface area contributed by atoms with E-state index < -0.39 is 0 Å². The van der Waals surface area contributed by atoms with E-state index in [0.29, 0.717) is 6.04 Å². The summed E-state index contributed by atoms with van der Waals surface area (Å²) in [6.45, 7) is 0. The van der Waals surface area contributed by atoms with Crippen molar-refractivity contribution in [3.8, 4) is 11.4 Å². The van der Waals surface area contributed by atoms with Gasteiger partial charge in [-0.3, -0.25) is 4.98 Å². The first-order valence-corrected chi connectivity index (χ1v) is 11.0. The van der Waals surface area contributed by atoms with Crippen molar-refractivity contribution in [1.82, 2.24) is 19.8 Å². The lowest BCUT2D eigenvalue weighted by Gasteiger charge is -2.33. The van der Waals surface area contributed by atoms with Crippen LogP contribution < -0.4 is 10.1 Å². The Hall–Kier alpha value is -2.86. The number of benzene rings is 1. The number of rotatable bonds is 5. The molecule has 1 saturated carbocycles. The molecule has 3 aromatic rings. The highest BCUT2D eigenvalue weighted by atomic mass is 32.1. The van der Waals surface area contributed by atoms with Crippen molar-refractivity contribution in [3.63, 3.8) is 0 Å². The number of nitrogens with zero attached hydrogens (tertiary/aromatic N) is 3. The molecule has 3 heterocycles. The highest BCUT2D eigenvalue weighted by Crippen LogP contribution is 2.43. The molecule has 1 N–H and O–H groups in total. The summed E-state index contributed by atoms with van der Waals surface area (Å²) >= 11 is 5.87. The fourth-order valence-electron chi connectivity index (χ4n) is 4.94. The third-order valence-corrected chi connectivity index (χ3v) is 6.61. The molecule has 2 aromatic heterocycles. The van der Waals surface area contributed by atoms with Crippen LogP contribution in [0.4, 0.5) is 0 Å². The zero-order valence-electron chi connectivity index (χ0n) is 17.1. The zero-order valence-corrected chi connectivity index (χ0v) is 17.9. The first-order valence-electron chi connectivity index (χ1n) is 10.6. The van der Waals surface area contributed by atoms with Crippen molar-refractivity contribution < 1.29 is 4.74 Å². The van der Waals surface area contributed by atoms with Crippen LogP contribution in [-0.4, -0.2) is 32.7 Å². The third kappa shape index (κ3) is 3.25. The maximum atomic E-state index is 5.87. The number of hydrogen-bond donors (Lipinski definition) is 1. The largest absolute Gasteiger partial charge is 0.495 e. The van der Waals surface area contributed by atoms with Crippen molar-refractivity contribution in [2.24, 2.45) is 0 Å². The fourth-order valence-corrected chi connectivity index (χ4v) is 5.33. The predicted molar refractivity (Wildman–Crippen MR) is 122 cm³/mol. The molecule has 0 bridgehead atoms. The number of hydrogen-bond acceptors (Lipinski definition) is 3. The molecule has 2 atom stereocenters. The van der Waals surface area contributed by atoms with E-state index >= 15 is 0 Å². The van der Waals surface area contributed by atoms with Gasteiger partial charge in [0, 0.05) is 24.1 Å². The molecule has 0 amide bonds. The van der Waals surface area contributed by atoms with Crippen molar-refractivity contribution in [1.29, 1.82) is 0 Å². The Morgan fingerprint density at radius 3 is 2.60 bits per heavy atom. The van der Waals surface area contributed by atoms with E-state index in [1.807, 2.05) is 36.5 Å². The average molecular weight is 419 g/mol. The number of thiocarbonyl (C=S) groups is 1. The molecule has 5 rings (SSSR count). The zero-order chi connectivity index (χ0) is 20.5. The molecule has 1 aliphatic heterocycles. The monoisotopic (exact) mass is 418 g/mol. The molecule has 2 aliphatic rings. The SMILES string of the molecule is COc1ccccc1-n1cccc1C1C(c2ccccn2)NC(=S)N1C1CCCC1. The van der Waals surface area contributed by atoms with Crippen LogP contribution in [0.2, 0.25) is 0 Å². The minimum atomic E-state index is 0.00246. The van der Waals surface area contributed by atoms with Gasteiger partial charge >= 0.3 is 0 Å². The van der Waals surface area contributed by atoms with Crippen molar-refractivity contribution in [2.45, 2.75) is 43.8 Å². The van der Waals surface area contributed by atoms with Gasteiger partial charge < -0.3 is 19.5 Å². The van der Waals surface area contributed by atoms with Crippen LogP contribution >= 0.6 is 12.2 Å². The molecule has 1 aromatic carbocycles. The van der Waals surface area contributed by atoms with Gasteiger partial charge in [-0.2, -0.15) is 0 Å². The highest BCUT2D eigenvalue weighted by molar-refractivity contribution is 7.80. The molecule has 0 spiro atoms. The Labute approximate surface area is 182 Å². The van der Waals surface area contributed by atoms with Gasteiger partial charge in [-0.15, -0.1) is 0 Å². The van der Waals surface area contributed by atoms with E-state index in [4.69, 9.17) is 17.0 Å². The summed E-state index contributed by atoms with van der Waals surface area (Å²) in [6, 6.07) is 19.1. The van der Waals surface area contributed by atoms with E-state index in [9.17, 15) is 0 Å². The number of para-hydroxylation sites is 2. The number of ether oxygens (including phenoxy) is 1. The van der Waals surface area contributed by atoms with Crippen molar-refractivity contribution in [3.05, 3.63) is 78.4 Å². The topological polar surface area (TPSA) is 42.3 Å². The van der Waals surface area contributed by atoms with Gasteiger partial charge in [0.1, 0.15) is 5.75 Å². The second-order valence-corrected chi connectivity index (χ2v) is 8.33. The van der Waals surface area contributed by atoms with Crippen molar-refractivity contribution >= 4 is 17.3 Å².